The normalized spacial score (nSPS) is 10.7. The zero-order chi connectivity index (χ0) is 14.3. The highest BCUT2D eigenvalue weighted by Crippen LogP contribution is 2.11. The lowest BCUT2D eigenvalue weighted by atomic mass is 10.0. The number of rotatable bonds is 6. The van der Waals surface area contributed by atoms with Gasteiger partial charge in [0.2, 0.25) is 6.41 Å². The molecule has 0 radical (unpaired) electrons. The van der Waals surface area contributed by atoms with Crippen molar-refractivity contribution in [1.29, 1.82) is 5.41 Å². The van der Waals surface area contributed by atoms with E-state index >= 15 is 0 Å². The van der Waals surface area contributed by atoms with Gasteiger partial charge in [-0.05, 0) is 29.5 Å². The molecule has 7 heteroatoms. The first kappa shape index (κ1) is 15.3. The predicted octanol–water partition coefficient (Wildman–Crippen LogP) is 1.61. The minimum atomic E-state index is -0.754. The van der Waals surface area contributed by atoms with E-state index in [1.807, 2.05) is 27.9 Å². The first-order valence-corrected chi connectivity index (χ1v) is 6.37. The molecule has 100 valence electrons. The van der Waals surface area contributed by atoms with Crippen molar-refractivity contribution >= 4 is 44.3 Å². The van der Waals surface area contributed by atoms with Crippen molar-refractivity contribution in [2.75, 3.05) is 0 Å². The number of hydrogen-bond donors (Lipinski definition) is 2. The maximum absolute atomic E-state index is 11.4. The van der Waals surface area contributed by atoms with Gasteiger partial charge in [-0.25, -0.2) is 0 Å². The SMILES string of the molecule is C/C(I)=N\OCc1ccccc1C(=N)C(=O)NC=O. The molecule has 0 unspecified atom stereocenters. The lowest BCUT2D eigenvalue weighted by Crippen LogP contribution is -2.30. The summed E-state index contributed by atoms with van der Waals surface area (Å²) in [5.74, 6) is -0.754. The number of amides is 2. The van der Waals surface area contributed by atoms with Crippen molar-refractivity contribution in [2.24, 2.45) is 5.16 Å². The van der Waals surface area contributed by atoms with Crippen LogP contribution < -0.4 is 5.32 Å². The molecule has 0 saturated carbocycles. The summed E-state index contributed by atoms with van der Waals surface area (Å²) < 4.78 is 0.740. The number of nitrogens with one attached hydrogen (secondary N) is 2. The highest BCUT2D eigenvalue weighted by molar-refractivity contribution is 14.1. The van der Waals surface area contributed by atoms with E-state index < -0.39 is 5.91 Å². The van der Waals surface area contributed by atoms with Crippen LogP contribution in [0.25, 0.3) is 0 Å². The van der Waals surface area contributed by atoms with Gasteiger partial charge in [0.05, 0.1) is 0 Å². The van der Waals surface area contributed by atoms with E-state index in [0.717, 1.165) is 3.72 Å². The number of hydrogen-bond acceptors (Lipinski definition) is 5. The number of oxime groups is 1. The number of carbonyl (C=O) groups excluding carboxylic acids is 2. The van der Waals surface area contributed by atoms with Crippen molar-refractivity contribution in [3.8, 4) is 0 Å². The number of imide groups is 1. The summed E-state index contributed by atoms with van der Waals surface area (Å²) in [6.45, 7) is 1.93. The average molecular weight is 373 g/mol. The second-order valence-corrected chi connectivity index (χ2v) is 5.05. The van der Waals surface area contributed by atoms with Crippen molar-refractivity contribution in [3.05, 3.63) is 35.4 Å². The third-order valence-electron chi connectivity index (χ3n) is 2.11. The summed E-state index contributed by atoms with van der Waals surface area (Å²) in [4.78, 5) is 26.7. The van der Waals surface area contributed by atoms with Gasteiger partial charge in [-0.15, -0.1) is 0 Å². The quantitative estimate of drug-likeness (QED) is 0.344. The van der Waals surface area contributed by atoms with Gasteiger partial charge in [-0.3, -0.25) is 20.3 Å². The third kappa shape index (κ3) is 4.78. The third-order valence-corrected chi connectivity index (χ3v) is 2.31. The molecule has 0 aliphatic carbocycles. The Hall–Kier alpha value is -1.77. The van der Waals surface area contributed by atoms with Crippen LogP contribution in [0.1, 0.15) is 18.1 Å². The Kier molecular flexibility index (Phi) is 6.13. The van der Waals surface area contributed by atoms with E-state index in [1.54, 1.807) is 31.2 Å². The summed E-state index contributed by atoms with van der Waals surface area (Å²) >= 11 is 2.01. The van der Waals surface area contributed by atoms with Crippen LogP contribution in [0.5, 0.6) is 0 Å². The number of halogens is 1. The molecule has 1 rings (SSSR count). The lowest BCUT2D eigenvalue weighted by Gasteiger charge is -2.08. The highest BCUT2D eigenvalue weighted by Gasteiger charge is 2.14. The molecule has 0 bridgehead atoms. The topological polar surface area (TPSA) is 91.6 Å². The number of carbonyl (C=O) groups is 2. The van der Waals surface area contributed by atoms with Crippen molar-refractivity contribution in [1.82, 2.24) is 5.32 Å². The van der Waals surface area contributed by atoms with Gasteiger partial charge in [0.25, 0.3) is 5.91 Å². The summed E-state index contributed by atoms with van der Waals surface area (Å²) in [6, 6.07) is 6.82. The molecule has 19 heavy (non-hydrogen) atoms. The van der Waals surface area contributed by atoms with E-state index in [1.165, 1.54) is 0 Å². The van der Waals surface area contributed by atoms with Crippen molar-refractivity contribution in [3.63, 3.8) is 0 Å². The average Bonchev–Trinajstić information content (AvgIpc) is 2.38. The molecule has 0 aliphatic heterocycles. The van der Waals surface area contributed by atoms with Crippen LogP contribution in [0.15, 0.2) is 29.4 Å². The van der Waals surface area contributed by atoms with Crippen LogP contribution in [0.4, 0.5) is 0 Å². The Bertz CT molecular complexity index is 525. The minimum Gasteiger partial charge on any atom is -0.390 e. The Balaban J connectivity index is 2.89. The number of benzene rings is 1. The molecular weight excluding hydrogens is 361 g/mol. The molecule has 0 heterocycles. The lowest BCUT2D eigenvalue weighted by molar-refractivity contribution is -0.120. The summed E-state index contributed by atoms with van der Waals surface area (Å²) in [5, 5.41) is 13.4. The Morgan fingerprint density at radius 2 is 2.21 bits per heavy atom. The molecular formula is C12H12IN3O3. The summed E-state index contributed by atoms with van der Waals surface area (Å²) in [5.41, 5.74) is 0.764. The Labute approximate surface area is 123 Å². The second kappa shape index (κ2) is 7.62. The molecule has 0 aromatic heterocycles. The van der Waals surface area contributed by atoms with Crippen molar-refractivity contribution < 1.29 is 14.4 Å². The predicted molar refractivity (Wildman–Crippen MR) is 79.4 cm³/mol. The monoisotopic (exact) mass is 373 g/mol. The van der Waals surface area contributed by atoms with Crippen LogP contribution in [0.2, 0.25) is 0 Å². The van der Waals surface area contributed by atoms with Crippen LogP contribution in [0, 0.1) is 5.41 Å². The van der Waals surface area contributed by atoms with Crippen molar-refractivity contribution in [2.45, 2.75) is 13.5 Å². The smallest absolute Gasteiger partial charge is 0.276 e. The molecule has 1 aromatic carbocycles. The first-order valence-electron chi connectivity index (χ1n) is 5.29. The molecule has 0 saturated heterocycles. The molecule has 0 spiro atoms. The van der Waals surface area contributed by atoms with Gasteiger partial charge in [0, 0.05) is 11.1 Å². The molecule has 2 N–H and O–H groups in total. The maximum Gasteiger partial charge on any atom is 0.276 e. The standard InChI is InChI=1S/C12H12IN3O3/c1-8(13)16-19-6-9-4-2-3-5-10(9)11(14)12(18)15-7-17/h2-5,7,14H,6H2,1H3,(H,15,17,18)/b14-11?,16-8+. The zero-order valence-electron chi connectivity index (χ0n) is 10.1. The van der Waals surface area contributed by atoms with E-state index in [-0.39, 0.29) is 18.7 Å². The molecule has 1 aromatic rings. The van der Waals surface area contributed by atoms with Crippen LogP contribution in [-0.4, -0.2) is 21.7 Å². The zero-order valence-corrected chi connectivity index (χ0v) is 12.3. The van der Waals surface area contributed by atoms with E-state index in [0.29, 0.717) is 11.1 Å². The fourth-order valence-corrected chi connectivity index (χ4v) is 1.47. The molecule has 2 amide bonds. The largest absolute Gasteiger partial charge is 0.390 e. The van der Waals surface area contributed by atoms with Gasteiger partial charge in [-0.2, -0.15) is 0 Å². The summed E-state index contributed by atoms with van der Waals surface area (Å²) in [6.07, 6.45) is 0.250. The van der Waals surface area contributed by atoms with Crippen LogP contribution in [-0.2, 0) is 21.0 Å². The highest BCUT2D eigenvalue weighted by atomic mass is 127. The van der Waals surface area contributed by atoms with Gasteiger partial charge in [0.15, 0.2) is 0 Å². The Morgan fingerprint density at radius 3 is 2.84 bits per heavy atom. The van der Waals surface area contributed by atoms with Crippen LogP contribution >= 0.6 is 22.6 Å². The molecule has 0 fully saturated rings. The van der Waals surface area contributed by atoms with Gasteiger partial charge < -0.3 is 4.84 Å². The Morgan fingerprint density at radius 1 is 1.53 bits per heavy atom. The molecule has 6 nitrogen and oxygen atoms in total. The number of nitrogens with zero attached hydrogens (tertiary/aromatic N) is 1. The molecule has 0 atom stereocenters. The van der Waals surface area contributed by atoms with Crippen LogP contribution in [0.3, 0.4) is 0 Å². The first-order chi connectivity index (χ1) is 9.06. The minimum absolute atomic E-state index is 0.146. The maximum atomic E-state index is 11.4. The fraction of sp³-hybridized carbons (Fsp3) is 0.167. The van der Waals surface area contributed by atoms with Gasteiger partial charge >= 0.3 is 0 Å². The van der Waals surface area contributed by atoms with Gasteiger partial charge in [0.1, 0.15) is 16.0 Å². The van der Waals surface area contributed by atoms with E-state index in [2.05, 4.69) is 5.16 Å². The molecule has 0 aliphatic rings. The second-order valence-electron chi connectivity index (χ2n) is 3.49. The fourth-order valence-electron chi connectivity index (χ4n) is 1.33. The van der Waals surface area contributed by atoms with E-state index in [4.69, 9.17) is 10.2 Å². The summed E-state index contributed by atoms with van der Waals surface area (Å²) in [7, 11) is 0. The van der Waals surface area contributed by atoms with E-state index in [9.17, 15) is 9.59 Å². The van der Waals surface area contributed by atoms with Gasteiger partial charge in [-0.1, -0.05) is 29.4 Å².